The van der Waals surface area contributed by atoms with Gasteiger partial charge < -0.3 is 4.42 Å². The fraction of sp³-hybridized carbons (Fsp3) is 0.0870. The van der Waals surface area contributed by atoms with Crippen molar-refractivity contribution in [2.75, 3.05) is 4.90 Å². The highest BCUT2D eigenvalue weighted by molar-refractivity contribution is 9.10. The van der Waals surface area contributed by atoms with Crippen molar-refractivity contribution in [3.8, 4) is 0 Å². The number of nitrogens with zero attached hydrogens (tertiary/aromatic N) is 2. The minimum Gasteiger partial charge on any atom is -0.450 e. The van der Waals surface area contributed by atoms with Gasteiger partial charge in [-0.15, -0.1) is 0 Å². The fourth-order valence-electron chi connectivity index (χ4n) is 3.80. The van der Waals surface area contributed by atoms with Gasteiger partial charge in [0.1, 0.15) is 17.2 Å². The van der Waals surface area contributed by atoms with E-state index in [1.807, 2.05) is 37.3 Å². The van der Waals surface area contributed by atoms with Crippen molar-refractivity contribution in [2.24, 2.45) is 0 Å². The van der Waals surface area contributed by atoms with Gasteiger partial charge in [-0.05, 0) is 55.0 Å². The molecule has 1 amide bonds. The number of carbonyl (C=O) groups is 1. The van der Waals surface area contributed by atoms with E-state index in [-0.39, 0.29) is 22.3 Å². The van der Waals surface area contributed by atoms with E-state index in [1.54, 1.807) is 12.1 Å². The first-order valence-electron chi connectivity index (χ1n) is 9.23. The van der Waals surface area contributed by atoms with Crippen LogP contribution in [0.1, 0.15) is 33.4 Å². The Hall–Kier alpha value is -3.32. The number of aryl methyl sites for hydroxylation is 1. The van der Waals surface area contributed by atoms with Gasteiger partial charge in [-0.2, -0.15) is 0 Å². The molecule has 2 aromatic heterocycles. The molecule has 5 rings (SSSR count). The third-order valence-corrected chi connectivity index (χ3v) is 5.67. The summed E-state index contributed by atoms with van der Waals surface area (Å²) in [6.45, 7) is 1.83. The topological polar surface area (TPSA) is 63.4 Å². The summed E-state index contributed by atoms with van der Waals surface area (Å²) in [5.41, 5.74) is 1.38. The lowest BCUT2D eigenvalue weighted by atomic mass is 9.98. The molecule has 4 aromatic rings. The molecule has 0 saturated heterocycles. The van der Waals surface area contributed by atoms with E-state index in [0.29, 0.717) is 5.82 Å². The number of carbonyl (C=O) groups excluding carboxylic acids is 1. The summed E-state index contributed by atoms with van der Waals surface area (Å²) in [4.78, 5) is 32.7. The molecule has 148 valence electrons. The maximum atomic E-state index is 13.8. The lowest BCUT2D eigenvalue weighted by molar-refractivity contribution is 0.0970. The molecule has 3 heterocycles. The monoisotopic (exact) mass is 464 g/mol. The number of fused-ring (bicyclic) bond motifs is 2. The van der Waals surface area contributed by atoms with Crippen molar-refractivity contribution in [3.63, 3.8) is 0 Å². The Morgan fingerprint density at radius 3 is 2.57 bits per heavy atom. The summed E-state index contributed by atoms with van der Waals surface area (Å²) >= 11 is 3.41. The van der Waals surface area contributed by atoms with E-state index >= 15 is 0 Å². The molecule has 2 aromatic carbocycles. The van der Waals surface area contributed by atoms with Crippen LogP contribution in [0.5, 0.6) is 0 Å². The summed E-state index contributed by atoms with van der Waals surface area (Å²) < 4.78 is 20.5. The number of rotatable bonds is 2. The van der Waals surface area contributed by atoms with Crippen LogP contribution in [0.2, 0.25) is 0 Å². The van der Waals surface area contributed by atoms with Crippen LogP contribution in [0.4, 0.5) is 10.2 Å². The van der Waals surface area contributed by atoms with E-state index in [1.165, 1.54) is 17.0 Å². The van der Waals surface area contributed by atoms with Crippen molar-refractivity contribution >= 4 is 38.6 Å². The maximum Gasteiger partial charge on any atom is 0.296 e. The van der Waals surface area contributed by atoms with Crippen LogP contribution in [-0.4, -0.2) is 10.9 Å². The second-order valence-electron chi connectivity index (χ2n) is 7.08. The van der Waals surface area contributed by atoms with Gasteiger partial charge >= 0.3 is 0 Å². The van der Waals surface area contributed by atoms with Crippen LogP contribution in [-0.2, 0) is 0 Å². The molecular weight excluding hydrogens is 451 g/mol. The summed E-state index contributed by atoms with van der Waals surface area (Å²) in [6, 6.07) is 15.6. The SMILES string of the molecule is Cc1cccc(N2C(=O)c3oc4ccc(F)cc4c(=O)c3[C@H]2c2ccc(Br)cc2)n1. The Bertz CT molecular complexity index is 1380. The average Bonchev–Trinajstić information content (AvgIpc) is 3.02. The Kier molecular flexibility index (Phi) is 4.29. The number of hydrogen-bond donors (Lipinski definition) is 0. The smallest absolute Gasteiger partial charge is 0.296 e. The number of halogens is 2. The number of benzene rings is 2. The van der Waals surface area contributed by atoms with E-state index in [0.717, 1.165) is 21.8 Å². The second-order valence-corrected chi connectivity index (χ2v) is 8.00. The average molecular weight is 465 g/mol. The van der Waals surface area contributed by atoms with Crippen LogP contribution in [0.3, 0.4) is 0 Å². The zero-order chi connectivity index (χ0) is 21.0. The largest absolute Gasteiger partial charge is 0.450 e. The highest BCUT2D eigenvalue weighted by Gasteiger charge is 2.44. The number of amides is 1. The quantitative estimate of drug-likeness (QED) is 0.411. The van der Waals surface area contributed by atoms with Crippen molar-refractivity contribution in [1.82, 2.24) is 4.98 Å². The van der Waals surface area contributed by atoms with Gasteiger partial charge in [-0.3, -0.25) is 14.5 Å². The van der Waals surface area contributed by atoms with Gasteiger partial charge in [0.15, 0.2) is 5.43 Å². The molecule has 0 N–H and O–H groups in total. The Labute approximate surface area is 178 Å². The molecule has 0 radical (unpaired) electrons. The van der Waals surface area contributed by atoms with E-state index in [4.69, 9.17) is 4.42 Å². The molecule has 0 bridgehead atoms. The summed E-state index contributed by atoms with van der Waals surface area (Å²) in [5, 5.41) is 0.0997. The van der Waals surface area contributed by atoms with Crippen molar-refractivity contribution in [2.45, 2.75) is 13.0 Å². The molecule has 0 unspecified atom stereocenters. The number of pyridine rings is 1. The van der Waals surface area contributed by atoms with Crippen molar-refractivity contribution in [3.05, 3.63) is 104 Å². The maximum absolute atomic E-state index is 13.8. The number of hydrogen-bond acceptors (Lipinski definition) is 4. The lowest BCUT2D eigenvalue weighted by Crippen LogP contribution is -2.30. The third kappa shape index (κ3) is 2.85. The molecule has 1 aliphatic rings. The van der Waals surface area contributed by atoms with Gasteiger partial charge in [0.2, 0.25) is 5.76 Å². The highest BCUT2D eigenvalue weighted by Crippen LogP contribution is 2.40. The van der Waals surface area contributed by atoms with Crippen LogP contribution in [0.15, 0.2) is 74.3 Å². The molecule has 7 heteroatoms. The fourth-order valence-corrected chi connectivity index (χ4v) is 4.07. The predicted octanol–water partition coefficient (Wildman–Crippen LogP) is 5.15. The number of aromatic nitrogens is 1. The molecule has 30 heavy (non-hydrogen) atoms. The second kappa shape index (κ2) is 6.88. The van der Waals surface area contributed by atoms with Crippen LogP contribution >= 0.6 is 15.9 Å². The zero-order valence-corrected chi connectivity index (χ0v) is 17.3. The molecule has 1 atom stereocenters. The highest BCUT2D eigenvalue weighted by atomic mass is 79.9. The van der Waals surface area contributed by atoms with Crippen molar-refractivity contribution in [1.29, 1.82) is 0 Å². The Balaban J connectivity index is 1.83. The van der Waals surface area contributed by atoms with Crippen LogP contribution in [0.25, 0.3) is 11.0 Å². The van der Waals surface area contributed by atoms with Gasteiger partial charge in [-0.1, -0.05) is 34.1 Å². The van der Waals surface area contributed by atoms with Gasteiger partial charge in [0.25, 0.3) is 5.91 Å². The summed E-state index contributed by atoms with van der Waals surface area (Å²) in [6.07, 6.45) is 0. The normalized spacial score (nSPS) is 15.6. The van der Waals surface area contributed by atoms with Crippen LogP contribution in [0, 0.1) is 12.7 Å². The Morgan fingerprint density at radius 1 is 1.07 bits per heavy atom. The van der Waals surface area contributed by atoms with Gasteiger partial charge in [0, 0.05) is 10.2 Å². The lowest BCUT2D eigenvalue weighted by Gasteiger charge is -2.24. The van der Waals surface area contributed by atoms with E-state index in [9.17, 15) is 14.0 Å². The first-order chi connectivity index (χ1) is 14.4. The van der Waals surface area contributed by atoms with Gasteiger partial charge in [-0.25, -0.2) is 9.37 Å². The minimum absolute atomic E-state index is 0.0460. The molecule has 0 spiro atoms. The molecule has 1 aliphatic heterocycles. The van der Waals surface area contributed by atoms with Gasteiger partial charge in [0.05, 0.1) is 17.0 Å². The molecule has 5 nitrogen and oxygen atoms in total. The molecule has 0 aliphatic carbocycles. The predicted molar refractivity (Wildman–Crippen MR) is 114 cm³/mol. The standard InChI is InChI=1S/C23H14BrFN2O3/c1-12-3-2-4-18(26-12)27-20(13-5-7-14(24)8-6-13)19-21(28)16-11-15(25)9-10-17(16)30-22(19)23(27)29/h2-11,20H,1H3/t20-/m1/s1. The summed E-state index contributed by atoms with van der Waals surface area (Å²) in [7, 11) is 0. The van der Waals surface area contributed by atoms with E-state index in [2.05, 4.69) is 20.9 Å². The minimum atomic E-state index is -0.737. The first-order valence-corrected chi connectivity index (χ1v) is 10.0. The third-order valence-electron chi connectivity index (χ3n) is 5.14. The molecular formula is C23H14BrFN2O3. The zero-order valence-electron chi connectivity index (χ0n) is 15.7. The number of anilines is 1. The summed E-state index contributed by atoms with van der Waals surface area (Å²) in [5.74, 6) is -0.639. The van der Waals surface area contributed by atoms with Crippen LogP contribution < -0.4 is 10.3 Å². The molecule has 0 fully saturated rings. The van der Waals surface area contributed by atoms with Crippen molar-refractivity contribution < 1.29 is 13.6 Å². The molecule has 0 saturated carbocycles. The van der Waals surface area contributed by atoms with E-state index < -0.39 is 23.2 Å². The Morgan fingerprint density at radius 2 is 1.83 bits per heavy atom. The first kappa shape index (κ1) is 18.7.